The molecule has 5 nitrogen and oxygen atoms in total. The van der Waals surface area contributed by atoms with Gasteiger partial charge in [0.25, 0.3) is 11.8 Å². The number of nitrogens with one attached hydrogen (secondary N) is 1. The lowest BCUT2D eigenvalue weighted by Crippen LogP contribution is -2.54. The first-order valence-electron chi connectivity index (χ1n) is 10.5. The third-order valence-corrected chi connectivity index (χ3v) is 6.29. The average molecular weight is 457 g/mol. The monoisotopic (exact) mass is 456 g/mol. The van der Waals surface area contributed by atoms with Crippen LogP contribution >= 0.6 is 11.3 Å². The molecule has 3 aromatic carbocycles. The highest BCUT2D eigenvalue weighted by Crippen LogP contribution is 2.31. The number of thiophene rings is 1. The predicted octanol–water partition coefficient (Wildman–Crippen LogP) is 4.98. The molecular weight excluding hydrogens is 432 g/mol. The number of hydrazine groups is 1. The van der Waals surface area contributed by atoms with Crippen molar-refractivity contribution in [2.24, 2.45) is 0 Å². The van der Waals surface area contributed by atoms with Gasteiger partial charge >= 0.3 is 0 Å². The van der Waals surface area contributed by atoms with Crippen molar-refractivity contribution in [2.45, 2.75) is 19.4 Å². The number of nitrogens with zero attached hydrogens (tertiary/aromatic N) is 1. The van der Waals surface area contributed by atoms with Crippen LogP contribution in [0.3, 0.4) is 0 Å². The van der Waals surface area contributed by atoms with Crippen molar-refractivity contribution in [3.8, 4) is 0 Å². The molecule has 0 aliphatic heterocycles. The molecule has 6 heteroatoms. The summed E-state index contributed by atoms with van der Waals surface area (Å²) in [4.78, 5) is 27.5. The Kier molecular flexibility index (Phi) is 6.40. The molecule has 0 bridgehead atoms. The normalized spacial score (nSPS) is 11.1. The highest BCUT2D eigenvalue weighted by atomic mass is 32.1. The summed E-state index contributed by atoms with van der Waals surface area (Å²) in [6, 6.07) is 26.6. The van der Waals surface area contributed by atoms with Crippen LogP contribution in [0.1, 0.15) is 31.9 Å². The van der Waals surface area contributed by atoms with Crippen molar-refractivity contribution < 1.29 is 14.7 Å². The number of rotatable bonds is 5. The van der Waals surface area contributed by atoms with Gasteiger partial charge < -0.3 is 5.11 Å². The van der Waals surface area contributed by atoms with Crippen molar-refractivity contribution in [3.05, 3.63) is 124 Å². The topological polar surface area (TPSA) is 69.6 Å². The lowest BCUT2D eigenvalue weighted by atomic mass is 9.85. The van der Waals surface area contributed by atoms with Gasteiger partial charge in [-0.1, -0.05) is 83.9 Å². The molecule has 0 aliphatic carbocycles. The minimum absolute atomic E-state index is 0.389. The summed E-state index contributed by atoms with van der Waals surface area (Å²) >= 11 is 1.28. The second-order valence-corrected chi connectivity index (χ2v) is 8.78. The standard InChI is InChI=1S/C27H24N2O3S/c1-19-10-14-21(15-11-19)27(32,22-16-12-20(2)13-17-22)26(31)28-29(23-7-4-3-5-8-23)25(30)24-9-6-18-33-24/h3-18,32H,1-2H3,(H,28,31). The lowest BCUT2D eigenvalue weighted by molar-refractivity contribution is -0.136. The first-order chi connectivity index (χ1) is 15.9. The van der Waals surface area contributed by atoms with E-state index in [4.69, 9.17) is 0 Å². The summed E-state index contributed by atoms with van der Waals surface area (Å²) in [5.74, 6) is -1.12. The molecule has 0 aliphatic rings. The van der Waals surface area contributed by atoms with Gasteiger partial charge in [-0.3, -0.25) is 15.0 Å². The van der Waals surface area contributed by atoms with Crippen LogP contribution in [-0.2, 0) is 10.4 Å². The van der Waals surface area contributed by atoms with Gasteiger partial charge in [-0.2, -0.15) is 0 Å². The van der Waals surface area contributed by atoms with Crippen LogP contribution in [0.2, 0.25) is 0 Å². The van der Waals surface area contributed by atoms with E-state index < -0.39 is 11.5 Å². The zero-order valence-electron chi connectivity index (χ0n) is 18.4. The Bertz CT molecular complexity index is 1190. The molecular formula is C27H24N2O3S. The molecule has 0 atom stereocenters. The van der Waals surface area contributed by atoms with E-state index in [1.807, 2.05) is 44.2 Å². The third kappa shape index (κ3) is 4.58. The van der Waals surface area contributed by atoms with E-state index in [9.17, 15) is 14.7 Å². The van der Waals surface area contributed by atoms with Gasteiger partial charge in [0.2, 0.25) is 0 Å². The van der Waals surface area contributed by atoms with Crippen molar-refractivity contribution >= 4 is 28.8 Å². The molecule has 166 valence electrons. The maximum atomic E-state index is 13.7. The highest BCUT2D eigenvalue weighted by molar-refractivity contribution is 7.12. The van der Waals surface area contributed by atoms with Crippen LogP contribution in [0.5, 0.6) is 0 Å². The number of para-hydroxylation sites is 1. The molecule has 0 fully saturated rings. The Labute approximate surface area is 196 Å². The number of hydrogen-bond donors (Lipinski definition) is 2. The summed E-state index contributed by atoms with van der Waals surface area (Å²) in [6.07, 6.45) is 0. The minimum atomic E-state index is -2.01. The Hall–Kier alpha value is -3.74. The predicted molar refractivity (Wildman–Crippen MR) is 131 cm³/mol. The Morgan fingerprint density at radius 3 is 1.82 bits per heavy atom. The van der Waals surface area contributed by atoms with Gasteiger partial charge in [0.05, 0.1) is 10.6 Å². The van der Waals surface area contributed by atoms with E-state index in [0.717, 1.165) is 11.1 Å². The molecule has 0 unspecified atom stereocenters. The van der Waals surface area contributed by atoms with E-state index in [1.165, 1.54) is 16.3 Å². The number of anilines is 1. The van der Waals surface area contributed by atoms with Gasteiger partial charge in [-0.25, -0.2) is 5.01 Å². The number of carbonyl (C=O) groups excluding carboxylic acids is 2. The maximum absolute atomic E-state index is 13.7. The Morgan fingerprint density at radius 2 is 1.33 bits per heavy atom. The largest absolute Gasteiger partial charge is 0.372 e. The fourth-order valence-corrected chi connectivity index (χ4v) is 4.17. The van der Waals surface area contributed by atoms with Crippen molar-refractivity contribution in [2.75, 3.05) is 5.01 Å². The molecule has 2 N–H and O–H groups in total. The van der Waals surface area contributed by atoms with Crippen LogP contribution in [0.4, 0.5) is 5.69 Å². The zero-order chi connectivity index (χ0) is 23.4. The van der Waals surface area contributed by atoms with Gasteiger partial charge in [0, 0.05) is 0 Å². The molecule has 0 saturated heterocycles. The van der Waals surface area contributed by atoms with E-state index in [-0.39, 0.29) is 5.91 Å². The second kappa shape index (κ2) is 9.40. The highest BCUT2D eigenvalue weighted by Gasteiger charge is 2.41. The number of aliphatic hydroxyl groups is 1. The molecule has 33 heavy (non-hydrogen) atoms. The smallest absolute Gasteiger partial charge is 0.287 e. The Balaban J connectivity index is 1.78. The van der Waals surface area contributed by atoms with E-state index in [1.54, 1.807) is 66.0 Å². The Morgan fingerprint density at radius 1 is 0.788 bits per heavy atom. The van der Waals surface area contributed by atoms with Gasteiger partial charge in [0.15, 0.2) is 5.60 Å². The molecule has 0 spiro atoms. The zero-order valence-corrected chi connectivity index (χ0v) is 19.2. The molecule has 4 rings (SSSR count). The number of benzene rings is 3. The van der Waals surface area contributed by atoms with Crippen molar-refractivity contribution in [1.29, 1.82) is 0 Å². The second-order valence-electron chi connectivity index (χ2n) is 7.84. The first-order valence-corrected chi connectivity index (χ1v) is 11.4. The van der Waals surface area contributed by atoms with Crippen LogP contribution in [0, 0.1) is 13.8 Å². The van der Waals surface area contributed by atoms with Crippen molar-refractivity contribution in [1.82, 2.24) is 5.43 Å². The third-order valence-electron chi connectivity index (χ3n) is 5.43. The average Bonchev–Trinajstić information content (AvgIpc) is 3.38. The summed E-state index contributed by atoms with van der Waals surface area (Å²) in [5.41, 5.74) is 3.99. The fraction of sp³-hybridized carbons (Fsp3) is 0.111. The molecule has 0 saturated carbocycles. The molecule has 2 amide bonds. The van der Waals surface area contributed by atoms with E-state index in [0.29, 0.717) is 21.7 Å². The summed E-state index contributed by atoms with van der Waals surface area (Å²) < 4.78 is 0. The molecule has 1 heterocycles. The minimum Gasteiger partial charge on any atom is -0.372 e. The number of aryl methyl sites for hydroxylation is 2. The summed E-state index contributed by atoms with van der Waals surface area (Å²) in [5, 5.41) is 14.8. The molecule has 4 aromatic rings. The molecule has 1 aromatic heterocycles. The van der Waals surface area contributed by atoms with E-state index in [2.05, 4.69) is 5.43 Å². The number of amides is 2. The van der Waals surface area contributed by atoms with Crippen LogP contribution < -0.4 is 10.4 Å². The van der Waals surface area contributed by atoms with Crippen LogP contribution in [0.25, 0.3) is 0 Å². The maximum Gasteiger partial charge on any atom is 0.287 e. The van der Waals surface area contributed by atoms with Gasteiger partial charge in [-0.15, -0.1) is 11.3 Å². The van der Waals surface area contributed by atoms with Crippen LogP contribution in [-0.4, -0.2) is 16.9 Å². The quantitative estimate of drug-likeness (QED) is 0.416. The van der Waals surface area contributed by atoms with E-state index >= 15 is 0 Å². The fourth-order valence-electron chi connectivity index (χ4n) is 3.52. The molecule has 0 radical (unpaired) electrons. The SMILES string of the molecule is Cc1ccc(C(O)(C(=O)NN(C(=O)c2cccs2)c2ccccc2)c2ccc(C)cc2)cc1. The van der Waals surface area contributed by atoms with Crippen LogP contribution in [0.15, 0.2) is 96.4 Å². The summed E-state index contributed by atoms with van der Waals surface area (Å²) in [7, 11) is 0. The van der Waals surface area contributed by atoms with Crippen molar-refractivity contribution in [3.63, 3.8) is 0 Å². The van der Waals surface area contributed by atoms with Gasteiger partial charge in [0.1, 0.15) is 0 Å². The summed E-state index contributed by atoms with van der Waals surface area (Å²) in [6.45, 7) is 3.87. The lowest BCUT2D eigenvalue weighted by Gasteiger charge is -2.32. The number of carbonyl (C=O) groups is 2. The number of hydrogen-bond acceptors (Lipinski definition) is 4. The first kappa shape index (κ1) is 22.5. The van der Waals surface area contributed by atoms with Gasteiger partial charge in [-0.05, 0) is 48.6 Å².